The van der Waals surface area contributed by atoms with E-state index in [2.05, 4.69) is 11.5 Å². The molecule has 0 unspecified atom stereocenters. The Morgan fingerprint density at radius 2 is 2.08 bits per heavy atom. The molecule has 4 nitrogen and oxygen atoms in total. The highest BCUT2D eigenvalue weighted by Gasteiger charge is 2.19. The van der Waals surface area contributed by atoms with E-state index < -0.39 is 0 Å². The van der Waals surface area contributed by atoms with Crippen molar-refractivity contribution >= 4 is 28.5 Å². The van der Waals surface area contributed by atoms with Gasteiger partial charge in [0, 0.05) is 15.6 Å². The van der Waals surface area contributed by atoms with E-state index >= 15 is 0 Å². The van der Waals surface area contributed by atoms with Crippen LogP contribution in [0.15, 0.2) is 36.4 Å². The summed E-state index contributed by atoms with van der Waals surface area (Å²) in [6.07, 6.45) is 3.70. The van der Waals surface area contributed by atoms with Gasteiger partial charge in [-0.05, 0) is 82.8 Å². The normalized spacial score (nSPS) is 13.7. The number of hydrogen-bond donors (Lipinski definition) is 1. The lowest BCUT2D eigenvalue weighted by atomic mass is 9.86. The van der Waals surface area contributed by atoms with Crippen LogP contribution in [0, 0.1) is 26.6 Å². The van der Waals surface area contributed by atoms with Crippen molar-refractivity contribution in [3.05, 3.63) is 68.0 Å². The molecule has 1 aliphatic carbocycles. The minimum atomic E-state index is -0.380. The lowest BCUT2D eigenvalue weighted by Crippen LogP contribution is -2.29. The zero-order valence-electron chi connectivity index (χ0n) is 14.1. The average Bonchev–Trinajstić information content (AvgIpc) is 2.59. The van der Waals surface area contributed by atoms with E-state index in [4.69, 9.17) is 10.1 Å². The third-order valence-electron chi connectivity index (χ3n) is 4.58. The average molecular weight is 464 g/mol. The summed E-state index contributed by atoms with van der Waals surface area (Å²) in [7, 11) is 0. The molecule has 0 spiro atoms. The van der Waals surface area contributed by atoms with Gasteiger partial charge in [0.2, 0.25) is 0 Å². The van der Waals surface area contributed by atoms with Crippen LogP contribution in [-0.2, 0) is 11.3 Å². The van der Waals surface area contributed by atoms with Gasteiger partial charge in [-0.25, -0.2) is 9.87 Å². The van der Waals surface area contributed by atoms with E-state index in [9.17, 15) is 9.18 Å². The Balaban J connectivity index is 1.78. The van der Waals surface area contributed by atoms with Gasteiger partial charge >= 0.3 is 0 Å². The zero-order chi connectivity index (χ0) is 18.5. The molecule has 1 fully saturated rings. The zero-order valence-corrected chi connectivity index (χ0v) is 16.3. The molecule has 2 aromatic carbocycles. The molecule has 1 saturated carbocycles. The van der Waals surface area contributed by atoms with Crippen LogP contribution in [0.5, 0.6) is 0 Å². The number of nitriles is 1. The van der Waals surface area contributed by atoms with Gasteiger partial charge in [0.15, 0.2) is 0 Å². The molecule has 6 heteroatoms. The minimum Gasteiger partial charge on any atom is -0.273 e. The summed E-state index contributed by atoms with van der Waals surface area (Å²) < 4.78 is 15.0. The Bertz CT molecular complexity index is 859. The van der Waals surface area contributed by atoms with E-state index in [0.717, 1.165) is 16.4 Å². The molecule has 0 heterocycles. The number of nitrogens with zero attached hydrogens (tertiary/aromatic N) is 1. The van der Waals surface area contributed by atoms with Crippen molar-refractivity contribution < 1.29 is 14.0 Å². The van der Waals surface area contributed by atoms with Gasteiger partial charge in [-0.15, -0.1) is 0 Å². The molecule has 134 valence electrons. The summed E-state index contributed by atoms with van der Waals surface area (Å²) in [6, 6.07) is 11.8. The Labute approximate surface area is 165 Å². The van der Waals surface area contributed by atoms with Crippen molar-refractivity contribution in [3.63, 3.8) is 0 Å². The summed E-state index contributed by atoms with van der Waals surface area (Å²) in [5, 5.41) is 9.13. The first-order valence-corrected chi connectivity index (χ1v) is 9.54. The van der Waals surface area contributed by atoms with E-state index in [1.54, 1.807) is 24.3 Å². The van der Waals surface area contributed by atoms with Gasteiger partial charge in [-0.1, -0.05) is 12.5 Å². The van der Waals surface area contributed by atoms with Crippen LogP contribution in [0.4, 0.5) is 4.39 Å². The monoisotopic (exact) mass is 464 g/mol. The quantitative estimate of drug-likeness (QED) is 0.511. The van der Waals surface area contributed by atoms with Crippen LogP contribution in [-0.4, -0.2) is 12.5 Å². The van der Waals surface area contributed by atoms with Crippen LogP contribution in [0.2, 0.25) is 0 Å². The molecule has 1 aliphatic rings. The number of benzene rings is 2. The maximum atomic E-state index is 14.2. The molecule has 1 N–H and O–H groups in total. The molecule has 0 radical (unpaired) electrons. The van der Waals surface area contributed by atoms with Crippen LogP contribution < -0.4 is 5.48 Å². The van der Waals surface area contributed by atoms with Gasteiger partial charge in [-0.2, -0.15) is 5.26 Å². The number of nitrogens with one attached hydrogen (secondary N) is 1. The number of carbonyl (C=O) groups excluding carboxylic acids is 1. The highest BCUT2D eigenvalue weighted by Crippen LogP contribution is 2.26. The number of halogens is 2. The first-order valence-electron chi connectivity index (χ1n) is 8.46. The van der Waals surface area contributed by atoms with E-state index in [1.165, 1.54) is 12.5 Å². The lowest BCUT2D eigenvalue weighted by Gasteiger charge is -2.24. The predicted octanol–water partition coefficient (Wildman–Crippen LogP) is 4.35. The number of rotatable bonds is 6. The van der Waals surface area contributed by atoms with Crippen molar-refractivity contribution in [2.75, 3.05) is 6.61 Å². The first-order chi connectivity index (χ1) is 12.6. The van der Waals surface area contributed by atoms with Gasteiger partial charge in [0.1, 0.15) is 5.82 Å². The van der Waals surface area contributed by atoms with Crippen molar-refractivity contribution in [2.45, 2.75) is 25.7 Å². The Morgan fingerprint density at radius 1 is 1.27 bits per heavy atom. The second-order valence-electron chi connectivity index (χ2n) is 6.44. The molecule has 0 atom stereocenters. The maximum absolute atomic E-state index is 14.2. The molecule has 2 aromatic rings. The first kappa shape index (κ1) is 18.8. The fraction of sp³-hybridized carbons (Fsp3) is 0.300. The Kier molecular flexibility index (Phi) is 6.22. The van der Waals surface area contributed by atoms with Crippen LogP contribution in [0.1, 0.15) is 46.3 Å². The van der Waals surface area contributed by atoms with Crippen molar-refractivity contribution in [1.82, 2.24) is 5.48 Å². The molecule has 26 heavy (non-hydrogen) atoms. The highest BCUT2D eigenvalue weighted by molar-refractivity contribution is 14.1. The van der Waals surface area contributed by atoms with Gasteiger partial charge in [0.05, 0.1) is 18.2 Å². The van der Waals surface area contributed by atoms with Crippen molar-refractivity contribution in [2.24, 2.45) is 5.92 Å². The second-order valence-corrected chi connectivity index (χ2v) is 7.68. The standard InChI is InChI=1S/C20H18FIN2O2/c21-19-10-17(22)6-5-15(19)9-16-8-14(11-23)4-7-18(16)20(25)24-26-12-13-2-1-3-13/h4-8,10,13H,1-3,9,12H2,(H,24,25). The van der Waals surface area contributed by atoms with Gasteiger partial charge in [-0.3, -0.25) is 9.63 Å². The van der Waals surface area contributed by atoms with Gasteiger partial charge < -0.3 is 0 Å². The fourth-order valence-electron chi connectivity index (χ4n) is 2.84. The molecular weight excluding hydrogens is 446 g/mol. The van der Waals surface area contributed by atoms with E-state index in [1.807, 2.05) is 28.7 Å². The number of amides is 1. The largest absolute Gasteiger partial charge is 0.275 e. The SMILES string of the molecule is N#Cc1ccc(C(=O)NOCC2CCC2)c(Cc2ccc(I)cc2F)c1. The third kappa shape index (κ3) is 4.59. The van der Waals surface area contributed by atoms with Crippen LogP contribution in [0.3, 0.4) is 0 Å². The molecular formula is C20H18FIN2O2. The topological polar surface area (TPSA) is 62.1 Å². The summed E-state index contributed by atoms with van der Waals surface area (Å²) in [5.41, 5.74) is 4.35. The fourth-order valence-corrected chi connectivity index (χ4v) is 3.29. The summed E-state index contributed by atoms with van der Waals surface area (Å²) >= 11 is 2.05. The Morgan fingerprint density at radius 3 is 2.73 bits per heavy atom. The minimum absolute atomic E-state index is 0.226. The lowest BCUT2D eigenvalue weighted by molar-refractivity contribution is 0.00313. The van der Waals surface area contributed by atoms with E-state index in [-0.39, 0.29) is 18.1 Å². The van der Waals surface area contributed by atoms with E-state index in [0.29, 0.717) is 34.8 Å². The molecule has 0 bridgehead atoms. The summed E-state index contributed by atoms with van der Waals surface area (Å²) in [4.78, 5) is 17.8. The number of hydrogen-bond acceptors (Lipinski definition) is 3. The number of hydroxylamine groups is 1. The smallest absolute Gasteiger partial charge is 0.273 e. The Hall–Kier alpha value is -1.98. The van der Waals surface area contributed by atoms with Crippen molar-refractivity contribution in [1.29, 1.82) is 5.26 Å². The van der Waals surface area contributed by atoms with Crippen LogP contribution >= 0.6 is 22.6 Å². The summed E-state index contributed by atoms with van der Waals surface area (Å²) in [5.74, 6) is -0.196. The molecule has 0 aromatic heterocycles. The second kappa shape index (κ2) is 8.60. The summed E-state index contributed by atoms with van der Waals surface area (Å²) in [6.45, 7) is 0.503. The van der Waals surface area contributed by atoms with Crippen molar-refractivity contribution in [3.8, 4) is 6.07 Å². The van der Waals surface area contributed by atoms with Gasteiger partial charge in [0.25, 0.3) is 5.91 Å². The molecule has 0 aliphatic heterocycles. The molecule has 3 rings (SSSR count). The highest BCUT2D eigenvalue weighted by atomic mass is 127. The molecule has 0 saturated heterocycles. The van der Waals surface area contributed by atoms with Crippen LogP contribution in [0.25, 0.3) is 0 Å². The maximum Gasteiger partial charge on any atom is 0.275 e. The number of carbonyl (C=O) groups is 1. The predicted molar refractivity (Wildman–Crippen MR) is 104 cm³/mol. The third-order valence-corrected chi connectivity index (χ3v) is 5.25. The molecule has 1 amide bonds.